The minimum Gasteiger partial charge on any atom is -0.154 e. The van der Waals surface area contributed by atoms with E-state index < -0.39 is 0 Å². The number of hydrogen-bond acceptors (Lipinski definition) is 1. The van der Waals surface area contributed by atoms with E-state index in [-0.39, 0.29) is 0 Å². The van der Waals surface area contributed by atoms with Gasteiger partial charge >= 0.3 is 0 Å². The van der Waals surface area contributed by atoms with E-state index in [4.69, 9.17) is 0 Å². The van der Waals surface area contributed by atoms with Crippen LogP contribution in [0.2, 0.25) is 0 Å². The van der Waals surface area contributed by atoms with Crippen molar-refractivity contribution in [1.82, 2.24) is 0 Å². The van der Waals surface area contributed by atoms with Gasteiger partial charge in [0.1, 0.15) is 0 Å². The molecule has 1 aromatic carbocycles. The van der Waals surface area contributed by atoms with Crippen molar-refractivity contribution in [2.75, 3.05) is 0 Å². The van der Waals surface area contributed by atoms with Crippen molar-refractivity contribution >= 4 is 11.8 Å². The zero-order valence-electron chi connectivity index (χ0n) is 11.4. The Kier molecular flexibility index (Phi) is 9.51. The first kappa shape index (κ1) is 15.6. The summed E-state index contributed by atoms with van der Waals surface area (Å²) in [6, 6.07) is 10.7. The van der Waals surface area contributed by atoms with Crippen molar-refractivity contribution in [2.45, 2.75) is 52.0 Å². The Balaban J connectivity index is 0.00000106. The lowest BCUT2D eigenvalue weighted by molar-refractivity contribution is 0.585. The highest BCUT2D eigenvalue weighted by molar-refractivity contribution is 7.99. The maximum Gasteiger partial charge on any atom is 0.0187 e. The maximum absolute atomic E-state index is 2.33. The molecule has 0 aliphatic carbocycles. The molecule has 0 nitrogen and oxygen atoms in total. The van der Waals surface area contributed by atoms with Crippen LogP contribution in [0.25, 0.3) is 0 Å². The predicted molar refractivity (Wildman–Crippen MR) is 78.0 cm³/mol. The van der Waals surface area contributed by atoms with Crippen LogP contribution in [0.4, 0.5) is 0 Å². The Bertz CT molecular complexity index is 241. The van der Waals surface area contributed by atoms with Crippen LogP contribution in [0.15, 0.2) is 30.3 Å². The smallest absolute Gasteiger partial charge is 0.0187 e. The molecular formula is C15H26S. The van der Waals surface area contributed by atoms with E-state index in [2.05, 4.69) is 62.9 Å². The lowest BCUT2D eigenvalue weighted by Gasteiger charge is -2.13. The third kappa shape index (κ3) is 7.81. The van der Waals surface area contributed by atoms with Gasteiger partial charge in [0.05, 0.1) is 0 Å². The summed E-state index contributed by atoms with van der Waals surface area (Å²) < 4.78 is 0. The van der Waals surface area contributed by atoms with Gasteiger partial charge in [-0.1, -0.05) is 65.0 Å². The average molecular weight is 238 g/mol. The lowest BCUT2D eigenvalue weighted by atomic mass is 10.1. The number of benzene rings is 1. The lowest BCUT2D eigenvalue weighted by Crippen LogP contribution is -2.01. The summed E-state index contributed by atoms with van der Waals surface area (Å²) in [6.07, 6.45) is 1.32. The standard InChI is InChI=1S/C13H20S.C2H6/c1-11(2)9-12(3)14-10-13-7-5-4-6-8-13;1-2/h4-8,11-12H,9-10H2,1-3H3;1-2H3. The molecule has 1 rings (SSSR count). The van der Waals surface area contributed by atoms with E-state index in [0.717, 1.165) is 16.9 Å². The quantitative estimate of drug-likeness (QED) is 0.663. The van der Waals surface area contributed by atoms with Crippen LogP contribution in [0, 0.1) is 5.92 Å². The summed E-state index contributed by atoms with van der Waals surface area (Å²) in [5.41, 5.74) is 1.44. The monoisotopic (exact) mass is 238 g/mol. The summed E-state index contributed by atoms with van der Waals surface area (Å²) in [6.45, 7) is 10.9. The van der Waals surface area contributed by atoms with Gasteiger partial charge in [0.2, 0.25) is 0 Å². The van der Waals surface area contributed by atoms with Crippen LogP contribution in [0.3, 0.4) is 0 Å². The minimum absolute atomic E-state index is 0.773. The van der Waals surface area contributed by atoms with Crippen LogP contribution >= 0.6 is 11.8 Å². The first-order valence-corrected chi connectivity index (χ1v) is 7.39. The van der Waals surface area contributed by atoms with Crippen molar-refractivity contribution in [2.24, 2.45) is 5.92 Å². The number of hydrogen-bond donors (Lipinski definition) is 0. The third-order valence-corrected chi connectivity index (χ3v) is 3.44. The highest BCUT2D eigenvalue weighted by Crippen LogP contribution is 2.22. The summed E-state index contributed by atoms with van der Waals surface area (Å²) in [5.74, 6) is 1.96. The van der Waals surface area contributed by atoms with Crippen LogP contribution in [-0.2, 0) is 5.75 Å². The molecule has 1 aromatic rings. The molecule has 1 heteroatoms. The third-order valence-electron chi connectivity index (χ3n) is 2.18. The fourth-order valence-corrected chi connectivity index (χ4v) is 2.74. The highest BCUT2D eigenvalue weighted by Gasteiger charge is 2.05. The second kappa shape index (κ2) is 9.77. The SMILES string of the molecule is CC.CC(C)CC(C)SCc1ccccc1. The maximum atomic E-state index is 2.33. The highest BCUT2D eigenvalue weighted by atomic mass is 32.2. The molecule has 1 atom stereocenters. The molecule has 16 heavy (non-hydrogen) atoms. The van der Waals surface area contributed by atoms with Crippen LogP contribution in [-0.4, -0.2) is 5.25 Å². The van der Waals surface area contributed by atoms with E-state index in [0.29, 0.717) is 0 Å². The van der Waals surface area contributed by atoms with Crippen molar-refractivity contribution in [3.63, 3.8) is 0 Å². The van der Waals surface area contributed by atoms with Crippen molar-refractivity contribution in [3.8, 4) is 0 Å². The Morgan fingerprint density at radius 3 is 2.06 bits per heavy atom. The first-order chi connectivity index (χ1) is 7.68. The zero-order chi connectivity index (χ0) is 12.4. The molecule has 92 valence electrons. The minimum atomic E-state index is 0.773. The molecule has 0 saturated heterocycles. The van der Waals surface area contributed by atoms with E-state index in [1.165, 1.54) is 12.0 Å². The molecule has 0 saturated carbocycles. The molecule has 0 aliphatic rings. The molecule has 0 fully saturated rings. The molecular weight excluding hydrogens is 212 g/mol. The molecule has 0 spiro atoms. The van der Waals surface area contributed by atoms with Gasteiger partial charge in [-0.2, -0.15) is 11.8 Å². The largest absolute Gasteiger partial charge is 0.154 e. The van der Waals surface area contributed by atoms with Gasteiger partial charge in [-0.05, 0) is 17.9 Å². The van der Waals surface area contributed by atoms with Gasteiger partial charge in [0, 0.05) is 11.0 Å². The van der Waals surface area contributed by atoms with Gasteiger partial charge in [0.15, 0.2) is 0 Å². The topological polar surface area (TPSA) is 0 Å². The van der Waals surface area contributed by atoms with Gasteiger partial charge < -0.3 is 0 Å². The molecule has 0 heterocycles. The second-order valence-electron chi connectivity index (χ2n) is 4.24. The van der Waals surface area contributed by atoms with E-state index in [9.17, 15) is 0 Å². The van der Waals surface area contributed by atoms with E-state index in [1.807, 2.05) is 13.8 Å². The number of thioether (sulfide) groups is 1. The Morgan fingerprint density at radius 2 is 1.56 bits per heavy atom. The van der Waals surface area contributed by atoms with Crippen LogP contribution in [0.1, 0.15) is 46.6 Å². The number of rotatable bonds is 5. The summed E-state index contributed by atoms with van der Waals surface area (Å²) in [4.78, 5) is 0. The molecule has 0 aromatic heterocycles. The summed E-state index contributed by atoms with van der Waals surface area (Å²) in [5, 5.41) is 0.773. The molecule has 0 N–H and O–H groups in total. The Morgan fingerprint density at radius 1 is 1.00 bits per heavy atom. The first-order valence-electron chi connectivity index (χ1n) is 6.34. The fraction of sp³-hybridized carbons (Fsp3) is 0.600. The molecule has 1 unspecified atom stereocenters. The normalized spacial score (nSPS) is 11.9. The average Bonchev–Trinajstić information content (AvgIpc) is 2.30. The summed E-state index contributed by atoms with van der Waals surface area (Å²) in [7, 11) is 0. The fourth-order valence-electron chi connectivity index (χ4n) is 1.54. The van der Waals surface area contributed by atoms with E-state index in [1.54, 1.807) is 0 Å². The Labute approximate surface area is 106 Å². The molecule has 0 radical (unpaired) electrons. The van der Waals surface area contributed by atoms with Crippen molar-refractivity contribution in [3.05, 3.63) is 35.9 Å². The van der Waals surface area contributed by atoms with Gasteiger partial charge in [-0.15, -0.1) is 0 Å². The van der Waals surface area contributed by atoms with Gasteiger partial charge in [-0.3, -0.25) is 0 Å². The molecule has 0 amide bonds. The molecule has 0 bridgehead atoms. The van der Waals surface area contributed by atoms with Gasteiger partial charge in [-0.25, -0.2) is 0 Å². The second-order valence-corrected chi connectivity index (χ2v) is 5.66. The van der Waals surface area contributed by atoms with Crippen molar-refractivity contribution < 1.29 is 0 Å². The zero-order valence-corrected chi connectivity index (χ0v) is 12.2. The van der Waals surface area contributed by atoms with Crippen LogP contribution in [0.5, 0.6) is 0 Å². The predicted octanol–water partition coefficient (Wildman–Crippen LogP) is 5.38. The van der Waals surface area contributed by atoms with Crippen molar-refractivity contribution in [1.29, 1.82) is 0 Å². The van der Waals surface area contributed by atoms with Gasteiger partial charge in [0.25, 0.3) is 0 Å². The van der Waals surface area contributed by atoms with Crippen LogP contribution < -0.4 is 0 Å². The Hall–Kier alpha value is -0.430. The molecule has 0 aliphatic heterocycles. The summed E-state index contributed by atoms with van der Waals surface area (Å²) >= 11 is 2.06. The van der Waals surface area contributed by atoms with E-state index >= 15 is 0 Å².